The number of thiophene rings is 1. The molecule has 10 nitrogen and oxygen atoms in total. The van der Waals surface area contributed by atoms with E-state index >= 15 is 0 Å². The molecule has 33 heavy (non-hydrogen) atoms. The molecule has 0 amide bonds. The lowest BCUT2D eigenvalue weighted by Crippen LogP contribution is -2.13. The van der Waals surface area contributed by atoms with Crippen molar-refractivity contribution in [3.05, 3.63) is 75.2 Å². The molecule has 1 N–H and O–H groups in total. The summed E-state index contributed by atoms with van der Waals surface area (Å²) in [5.41, 5.74) is 0.977. The number of ether oxygens (including phenoxy) is 3. The first kappa shape index (κ1) is 22.6. The SMILES string of the molecule is O=C(OCc1csc([N+](=O)[O-])c1)c1ccc(NS(=O)(=O)c2ccc3c(c2)OCCCO3)cc1. The van der Waals surface area contributed by atoms with E-state index in [1.807, 2.05) is 0 Å². The molecule has 4 rings (SSSR count). The van der Waals surface area contributed by atoms with Gasteiger partial charge in [0.2, 0.25) is 0 Å². The Morgan fingerprint density at radius 1 is 1.09 bits per heavy atom. The molecule has 172 valence electrons. The van der Waals surface area contributed by atoms with Crippen LogP contribution in [0.2, 0.25) is 0 Å². The molecular weight excluding hydrogens is 472 g/mol. The molecule has 2 aromatic carbocycles. The zero-order chi connectivity index (χ0) is 23.4. The van der Waals surface area contributed by atoms with Crippen molar-refractivity contribution in [3.8, 4) is 11.5 Å². The summed E-state index contributed by atoms with van der Waals surface area (Å²) in [6.07, 6.45) is 0.705. The Morgan fingerprint density at radius 3 is 2.52 bits per heavy atom. The average Bonchev–Trinajstić information content (AvgIpc) is 3.15. The summed E-state index contributed by atoms with van der Waals surface area (Å²) in [6.45, 7) is 0.825. The predicted octanol–water partition coefficient (Wildman–Crippen LogP) is 3.98. The van der Waals surface area contributed by atoms with Gasteiger partial charge in [0.25, 0.3) is 10.0 Å². The van der Waals surface area contributed by atoms with Gasteiger partial charge in [-0.1, -0.05) is 11.3 Å². The number of nitrogens with zero attached hydrogens (tertiary/aromatic N) is 1. The number of sulfonamides is 1. The van der Waals surface area contributed by atoms with Crippen molar-refractivity contribution in [3.63, 3.8) is 0 Å². The Labute approximate surface area is 192 Å². The fourth-order valence-electron chi connectivity index (χ4n) is 2.97. The van der Waals surface area contributed by atoms with Gasteiger partial charge >= 0.3 is 11.0 Å². The van der Waals surface area contributed by atoms with E-state index in [1.165, 1.54) is 42.5 Å². The van der Waals surface area contributed by atoms with Crippen LogP contribution >= 0.6 is 11.3 Å². The van der Waals surface area contributed by atoms with Gasteiger partial charge in [0.15, 0.2) is 11.5 Å². The summed E-state index contributed by atoms with van der Waals surface area (Å²) in [5, 5.41) is 12.2. The molecule has 0 saturated carbocycles. The Morgan fingerprint density at radius 2 is 1.82 bits per heavy atom. The van der Waals surface area contributed by atoms with Crippen LogP contribution in [0.1, 0.15) is 22.3 Å². The molecule has 1 aliphatic heterocycles. The van der Waals surface area contributed by atoms with Crippen molar-refractivity contribution in [2.75, 3.05) is 17.9 Å². The van der Waals surface area contributed by atoms with Crippen LogP contribution in [0.3, 0.4) is 0 Å². The van der Waals surface area contributed by atoms with Gasteiger partial charge < -0.3 is 14.2 Å². The van der Waals surface area contributed by atoms with E-state index in [2.05, 4.69) is 4.72 Å². The van der Waals surface area contributed by atoms with Gasteiger partial charge in [-0.25, -0.2) is 13.2 Å². The normalized spacial score (nSPS) is 13.1. The number of carbonyl (C=O) groups is 1. The molecule has 0 bridgehead atoms. The smallest absolute Gasteiger partial charge is 0.338 e. The van der Waals surface area contributed by atoms with Gasteiger partial charge in [0.05, 0.1) is 28.6 Å². The topological polar surface area (TPSA) is 134 Å². The summed E-state index contributed by atoms with van der Waals surface area (Å²) in [7, 11) is -3.90. The summed E-state index contributed by atoms with van der Waals surface area (Å²) in [5.74, 6) is 0.219. The van der Waals surface area contributed by atoms with Gasteiger partial charge in [-0.2, -0.15) is 0 Å². The number of nitrogens with one attached hydrogen (secondary N) is 1. The molecular formula is C21H18N2O8S2. The third kappa shape index (κ3) is 5.41. The number of hydrogen-bond acceptors (Lipinski definition) is 9. The Bertz CT molecular complexity index is 1290. The van der Waals surface area contributed by atoms with Crippen molar-refractivity contribution in [2.45, 2.75) is 17.9 Å². The van der Waals surface area contributed by atoms with Crippen molar-refractivity contribution in [1.29, 1.82) is 0 Å². The number of benzene rings is 2. The van der Waals surface area contributed by atoms with Crippen molar-refractivity contribution in [2.24, 2.45) is 0 Å². The summed E-state index contributed by atoms with van der Waals surface area (Å²) in [4.78, 5) is 22.4. The minimum Gasteiger partial charge on any atom is -0.490 e. The highest BCUT2D eigenvalue weighted by Crippen LogP contribution is 2.32. The summed E-state index contributed by atoms with van der Waals surface area (Å²) < 4.78 is 44.2. The third-order valence-electron chi connectivity index (χ3n) is 4.59. The third-order valence-corrected chi connectivity index (χ3v) is 6.90. The van der Waals surface area contributed by atoms with Gasteiger partial charge in [-0.3, -0.25) is 14.8 Å². The van der Waals surface area contributed by atoms with Crippen LogP contribution in [0.4, 0.5) is 10.7 Å². The number of nitro groups is 1. The first-order chi connectivity index (χ1) is 15.8. The fraction of sp³-hybridized carbons (Fsp3) is 0.190. The summed E-state index contributed by atoms with van der Waals surface area (Å²) >= 11 is 0.949. The molecule has 1 aliphatic rings. The van der Waals surface area contributed by atoms with Crippen LogP contribution in [0, 0.1) is 10.1 Å². The van der Waals surface area contributed by atoms with Crippen LogP contribution < -0.4 is 14.2 Å². The zero-order valence-corrected chi connectivity index (χ0v) is 18.7. The lowest BCUT2D eigenvalue weighted by molar-refractivity contribution is -0.380. The average molecular weight is 491 g/mol. The maximum atomic E-state index is 12.8. The molecule has 0 radical (unpaired) electrons. The number of rotatable bonds is 7. The van der Waals surface area contributed by atoms with Crippen LogP contribution in [0.15, 0.2) is 58.8 Å². The van der Waals surface area contributed by atoms with Gasteiger partial charge in [-0.05, 0) is 36.4 Å². The molecule has 0 unspecified atom stereocenters. The maximum absolute atomic E-state index is 12.8. The number of hydrogen-bond donors (Lipinski definition) is 1. The van der Waals surface area contributed by atoms with Crippen LogP contribution in [0.5, 0.6) is 11.5 Å². The Balaban J connectivity index is 1.39. The van der Waals surface area contributed by atoms with E-state index in [0.717, 1.165) is 11.3 Å². The maximum Gasteiger partial charge on any atom is 0.338 e. The monoisotopic (exact) mass is 490 g/mol. The van der Waals surface area contributed by atoms with Gasteiger partial charge in [0.1, 0.15) is 6.61 Å². The Hall–Kier alpha value is -3.64. The largest absolute Gasteiger partial charge is 0.490 e. The molecule has 0 spiro atoms. The lowest BCUT2D eigenvalue weighted by Gasteiger charge is -2.12. The second-order valence-corrected chi connectivity index (χ2v) is 9.54. The van der Waals surface area contributed by atoms with E-state index in [-0.39, 0.29) is 27.8 Å². The molecule has 2 heterocycles. The van der Waals surface area contributed by atoms with Crippen molar-refractivity contribution < 1.29 is 32.3 Å². The minimum absolute atomic E-state index is 0.0140. The number of esters is 1. The van der Waals surface area contributed by atoms with E-state index < -0.39 is 20.9 Å². The number of carbonyl (C=O) groups excluding carboxylic acids is 1. The molecule has 0 atom stereocenters. The van der Waals surface area contributed by atoms with E-state index in [1.54, 1.807) is 11.4 Å². The lowest BCUT2D eigenvalue weighted by atomic mass is 10.2. The standard InChI is InChI=1S/C21H18N2O8S2/c24-21(31-12-14-10-20(23(25)26)32-13-14)15-2-4-16(5-3-15)22-33(27,28)17-6-7-18-19(11-17)30-9-1-8-29-18/h2-7,10-11,13,22H,1,8-9,12H2. The molecule has 12 heteroatoms. The molecule has 0 saturated heterocycles. The molecule has 0 aliphatic carbocycles. The highest BCUT2D eigenvalue weighted by Gasteiger charge is 2.19. The highest BCUT2D eigenvalue weighted by atomic mass is 32.2. The minimum atomic E-state index is -3.90. The number of fused-ring (bicyclic) bond motifs is 1. The molecule has 0 fully saturated rings. The number of anilines is 1. The molecule has 1 aromatic heterocycles. The first-order valence-electron chi connectivity index (χ1n) is 9.73. The van der Waals surface area contributed by atoms with Crippen LogP contribution in [0.25, 0.3) is 0 Å². The van der Waals surface area contributed by atoms with Crippen LogP contribution in [-0.2, 0) is 21.4 Å². The summed E-state index contributed by atoms with van der Waals surface area (Å²) in [6, 6.07) is 11.4. The quantitative estimate of drug-likeness (QED) is 0.299. The van der Waals surface area contributed by atoms with Gasteiger partial charge in [-0.15, -0.1) is 0 Å². The van der Waals surface area contributed by atoms with Gasteiger partial charge in [0, 0.05) is 35.2 Å². The predicted molar refractivity (Wildman–Crippen MR) is 119 cm³/mol. The van der Waals surface area contributed by atoms with E-state index in [4.69, 9.17) is 14.2 Å². The van der Waals surface area contributed by atoms with Crippen molar-refractivity contribution >= 4 is 38.0 Å². The highest BCUT2D eigenvalue weighted by molar-refractivity contribution is 7.92. The second-order valence-electron chi connectivity index (χ2n) is 6.97. The zero-order valence-electron chi connectivity index (χ0n) is 17.1. The molecule has 3 aromatic rings. The second kappa shape index (κ2) is 9.46. The first-order valence-corrected chi connectivity index (χ1v) is 12.1. The van der Waals surface area contributed by atoms with Crippen LogP contribution in [-0.4, -0.2) is 32.5 Å². The fourth-order valence-corrected chi connectivity index (χ4v) is 4.75. The van der Waals surface area contributed by atoms with E-state index in [9.17, 15) is 23.3 Å². The van der Waals surface area contributed by atoms with Crippen molar-refractivity contribution in [1.82, 2.24) is 0 Å². The Kier molecular flexibility index (Phi) is 6.47. The van der Waals surface area contributed by atoms with E-state index in [0.29, 0.717) is 36.7 Å².